The average molecular weight is 461 g/mol. The summed E-state index contributed by atoms with van der Waals surface area (Å²) in [6.07, 6.45) is -5.30. The summed E-state index contributed by atoms with van der Waals surface area (Å²) in [4.78, 5) is 3.97. The van der Waals surface area contributed by atoms with Gasteiger partial charge in [0.15, 0.2) is 5.96 Å². The third-order valence-electron chi connectivity index (χ3n) is 2.60. The van der Waals surface area contributed by atoms with Gasteiger partial charge < -0.3 is 20.9 Å². The fraction of sp³-hybridized carbons (Fsp3) is 0.533. The zero-order chi connectivity index (χ0) is 17.7. The lowest BCUT2D eigenvalue weighted by Crippen LogP contribution is -2.45. The van der Waals surface area contributed by atoms with E-state index in [2.05, 4.69) is 10.3 Å². The predicted molar refractivity (Wildman–Crippen MR) is 97.7 cm³/mol. The number of hydrogen-bond donors (Lipinski definition) is 3. The quantitative estimate of drug-likeness (QED) is 0.358. The van der Waals surface area contributed by atoms with Gasteiger partial charge in [0.05, 0.1) is 12.1 Å². The van der Waals surface area contributed by atoms with Crippen LogP contribution >= 0.6 is 24.0 Å². The Morgan fingerprint density at radius 1 is 1.25 bits per heavy atom. The molecule has 0 heterocycles. The van der Waals surface area contributed by atoms with Gasteiger partial charge in [-0.25, -0.2) is 0 Å². The maximum Gasteiger partial charge on any atom is 0.416 e. The van der Waals surface area contributed by atoms with Crippen molar-refractivity contribution >= 4 is 29.9 Å². The lowest BCUT2D eigenvalue weighted by Gasteiger charge is -2.21. The zero-order valence-corrected chi connectivity index (χ0v) is 16.1. The van der Waals surface area contributed by atoms with E-state index in [0.717, 1.165) is 12.1 Å². The molecule has 0 spiro atoms. The summed E-state index contributed by atoms with van der Waals surface area (Å²) >= 11 is 0. The van der Waals surface area contributed by atoms with E-state index >= 15 is 0 Å². The predicted octanol–water partition coefficient (Wildman–Crippen LogP) is 2.77. The number of halogens is 4. The molecule has 1 aromatic rings. The molecule has 0 radical (unpaired) electrons. The van der Waals surface area contributed by atoms with Gasteiger partial charge in [0, 0.05) is 5.54 Å². The molecule has 4 N–H and O–H groups in total. The van der Waals surface area contributed by atoms with Crippen LogP contribution in [0.25, 0.3) is 0 Å². The van der Waals surface area contributed by atoms with Crippen LogP contribution in [0.2, 0.25) is 0 Å². The van der Waals surface area contributed by atoms with E-state index in [9.17, 15) is 18.3 Å². The summed E-state index contributed by atoms with van der Waals surface area (Å²) in [5, 5.41) is 12.7. The minimum Gasteiger partial charge on any atom is -0.491 e. The molecule has 0 saturated carbocycles. The number of nitrogens with two attached hydrogens (primary N) is 1. The van der Waals surface area contributed by atoms with Crippen molar-refractivity contribution in [1.29, 1.82) is 0 Å². The topological polar surface area (TPSA) is 79.9 Å². The molecule has 5 nitrogen and oxygen atoms in total. The van der Waals surface area contributed by atoms with Crippen molar-refractivity contribution in [2.75, 3.05) is 13.2 Å². The van der Waals surface area contributed by atoms with Crippen molar-refractivity contribution < 1.29 is 23.0 Å². The molecule has 1 unspecified atom stereocenters. The van der Waals surface area contributed by atoms with Gasteiger partial charge in [0.2, 0.25) is 0 Å². The van der Waals surface area contributed by atoms with Gasteiger partial charge >= 0.3 is 6.18 Å². The fourth-order valence-electron chi connectivity index (χ4n) is 1.61. The number of aliphatic hydroxyl groups is 1. The number of alkyl halides is 3. The third-order valence-corrected chi connectivity index (χ3v) is 2.60. The maximum atomic E-state index is 12.4. The Kier molecular flexibility index (Phi) is 8.83. The standard InChI is InChI=1S/C15H22F3N3O2.HI/c1-14(2,3)21-13(19)20-8-11(22)9-23-12-6-4-10(5-7-12)15(16,17)18;/h4-7,11,22H,8-9H2,1-3H3,(H3,19,20,21);1H. The average Bonchev–Trinajstić information content (AvgIpc) is 2.40. The number of nitrogens with zero attached hydrogens (tertiary/aromatic N) is 1. The lowest BCUT2D eigenvalue weighted by atomic mass is 10.1. The summed E-state index contributed by atoms with van der Waals surface area (Å²) in [5.74, 6) is 0.438. The van der Waals surface area contributed by atoms with Crippen molar-refractivity contribution in [3.63, 3.8) is 0 Å². The van der Waals surface area contributed by atoms with E-state index in [-0.39, 0.29) is 54.4 Å². The summed E-state index contributed by atoms with van der Waals surface area (Å²) in [6, 6.07) is 4.25. The molecule has 0 amide bonds. The highest BCUT2D eigenvalue weighted by Crippen LogP contribution is 2.30. The van der Waals surface area contributed by atoms with Crippen molar-refractivity contribution in [1.82, 2.24) is 5.32 Å². The second kappa shape index (κ2) is 9.30. The molecular weight excluding hydrogens is 438 g/mol. The van der Waals surface area contributed by atoms with Crippen molar-refractivity contribution in [2.24, 2.45) is 10.7 Å². The van der Waals surface area contributed by atoms with Crippen molar-refractivity contribution in [3.8, 4) is 5.75 Å². The third kappa shape index (κ3) is 9.16. The number of benzene rings is 1. The second-order valence-corrected chi connectivity index (χ2v) is 6.09. The Labute approximate surface area is 156 Å². The normalized spacial score (nSPS) is 13.9. The molecular formula is C15H23F3IN3O2. The molecule has 138 valence electrons. The molecule has 0 bridgehead atoms. The first-order valence-corrected chi connectivity index (χ1v) is 7.03. The highest BCUT2D eigenvalue weighted by Gasteiger charge is 2.30. The Hall–Kier alpha value is -1.23. The molecule has 0 aliphatic heterocycles. The van der Waals surface area contributed by atoms with Gasteiger partial charge in [0.1, 0.15) is 18.5 Å². The SMILES string of the molecule is CC(C)(C)NC(N)=NCC(O)COc1ccc(C(F)(F)F)cc1.I. The summed E-state index contributed by atoms with van der Waals surface area (Å²) in [6.45, 7) is 5.67. The van der Waals surface area contributed by atoms with Crippen LogP contribution in [-0.4, -0.2) is 35.9 Å². The monoisotopic (exact) mass is 461 g/mol. The van der Waals surface area contributed by atoms with Crippen LogP contribution in [-0.2, 0) is 6.18 Å². The second-order valence-electron chi connectivity index (χ2n) is 6.09. The molecule has 1 atom stereocenters. The minimum absolute atomic E-state index is 0. The lowest BCUT2D eigenvalue weighted by molar-refractivity contribution is -0.137. The maximum absolute atomic E-state index is 12.4. The van der Waals surface area contributed by atoms with Gasteiger partial charge in [-0.3, -0.25) is 4.99 Å². The number of guanidine groups is 1. The van der Waals surface area contributed by atoms with Crippen LogP contribution in [0.1, 0.15) is 26.3 Å². The van der Waals surface area contributed by atoms with Gasteiger partial charge in [-0.15, -0.1) is 24.0 Å². The van der Waals surface area contributed by atoms with Gasteiger partial charge in [0.25, 0.3) is 0 Å². The van der Waals surface area contributed by atoms with Crippen molar-refractivity contribution in [2.45, 2.75) is 38.6 Å². The minimum atomic E-state index is -4.38. The molecule has 1 aromatic carbocycles. The first kappa shape index (κ1) is 22.8. The summed E-state index contributed by atoms with van der Waals surface area (Å²) < 4.78 is 42.5. The van der Waals surface area contributed by atoms with Crippen LogP contribution in [0.5, 0.6) is 5.75 Å². The number of ether oxygens (including phenoxy) is 1. The Morgan fingerprint density at radius 2 is 1.79 bits per heavy atom. The zero-order valence-electron chi connectivity index (χ0n) is 13.7. The number of aliphatic imine (C=N–C) groups is 1. The van der Waals surface area contributed by atoms with Crippen LogP contribution in [0.15, 0.2) is 29.3 Å². The number of hydrogen-bond acceptors (Lipinski definition) is 3. The Morgan fingerprint density at radius 3 is 2.25 bits per heavy atom. The fourth-order valence-corrected chi connectivity index (χ4v) is 1.61. The van der Waals surface area contributed by atoms with Gasteiger partial charge in [-0.1, -0.05) is 0 Å². The van der Waals surface area contributed by atoms with E-state index in [1.54, 1.807) is 0 Å². The molecule has 9 heteroatoms. The van der Waals surface area contributed by atoms with E-state index in [4.69, 9.17) is 10.5 Å². The van der Waals surface area contributed by atoms with Crippen molar-refractivity contribution in [3.05, 3.63) is 29.8 Å². The molecule has 1 rings (SSSR count). The van der Waals surface area contributed by atoms with Crippen LogP contribution in [0.4, 0.5) is 13.2 Å². The van der Waals surface area contributed by atoms with E-state index in [1.807, 2.05) is 20.8 Å². The smallest absolute Gasteiger partial charge is 0.416 e. The number of aliphatic hydroxyl groups excluding tert-OH is 1. The van der Waals surface area contributed by atoms with E-state index < -0.39 is 17.8 Å². The van der Waals surface area contributed by atoms with Crippen LogP contribution < -0.4 is 15.8 Å². The molecule has 0 aromatic heterocycles. The van der Waals surface area contributed by atoms with Gasteiger partial charge in [-0.2, -0.15) is 13.2 Å². The molecule has 0 aliphatic rings. The highest BCUT2D eigenvalue weighted by atomic mass is 127. The summed E-state index contributed by atoms with van der Waals surface area (Å²) in [5.41, 5.74) is 4.66. The number of rotatable bonds is 5. The molecule has 0 saturated heterocycles. The molecule has 0 fully saturated rings. The van der Waals surface area contributed by atoms with Gasteiger partial charge in [-0.05, 0) is 45.0 Å². The highest BCUT2D eigenvalue weighted by molar-refractivity contribution is 14.0. The summed E-state index contributed by atoms with van der Waals surface area (Å²) in [7, 11) is 0. The van der Waals surface area contributed by atoms with Crippen LogP contribution in [0, 0.1) is 0 Å². The Balaban J connectivity index is 0.00000529. The first-order chi connectivity index (χ1) is 10.5. The molecule has 0 aliphatic carbocycles. The van der Waals surface area contributed by atoms with E-state index in [0.29, 0.717) is 0 Å². The van der Waals surface area contributed by atoms with E-state index in [1.165, 1.54) is 12.1 Å². The number of nitrogens with one attached hydrogen (secondary N) is 1. The van der Waals surface area contributed by atoms with Crippen LogP contribution in [0.3, 0.4) is 0 Å². The first-order valence-electron chi connectivity index (χ1n) is 7.03. The molecule has 24 heavy (non-hydrogen) atoms. The Bertz CT molecular complexity index is 528. The largest absolute Gasteiger partial charge is 0.491 e.